The van der Waals surface area contributed by atoms with Gasteiger partial charge in [0.05, 0.1) is 7.11 Å². The van der Waals surface area contributed by atoms with Crippen molar-refractivity contribution in [2.45, 2.75) is 25.9 Å². The molecule has 1 unspecified atom stereocenters. The van der Waals surface area contributed by atoms with Gasteiger partial charge in [0, 0.05) is 34.2 Å². The highest BCUT2D eigenvalue weighted by atomic mass is 35.5. The number of methoxy groups -OCH3 is 1. The first-order chi connectivity index (χ1) is 13.6. The quantitative estimate of drug-likeness (QED) is 0.667. The van der Waals surface area contributed by atoms with Crippen molar-refractivity contribution in [3.63, 3.8) is 0 Å². The molecule has 0 saturated carbocycles. The summed E-state index contributed by atoms with van der Waals surface area (Å²) in [6, 6.07) is 13.2. The maximum Gasteiger partial charge on any atom is 0.226 e. The fourth-order valence-electron chi connectivity index (χ4n) is 3.55. The second kappa shape index (κ2) is 7.56. The second-order valence-electron chi connectivity index (χ2n) is 6.71. The number of hydrogen-bond donors (Lipinski definition) is 2. The summed E-state index contributed by atoms with van der Waals surface area (Å²) in [5, 5.41) is 10.7. The van der Waals surface area contributed by atoms with Gasteiger partial charge in [0.25, 0.3) is 0 Å². The van der Waals surface area contributed by atoms with E-state index in [2.05, 4.69) is 15.5 Å². The number of H-pyrrole nitrogens is 1. The molecule has 144 valence electrons. The standard InChI is InChI=1S/C21H20ClN3O3/c1-12-19-16(10-18(26)23-21(19)25-24-12)15-4-3-5-17(27-2)20(15)28-11-13-6-8-14(22)9-7-13/h3-9,16H,10-11H2,1-2H3,(H2,23,24,25,26). The Labute approximate surface area is 167 Å². The van der Waals surface area contributed by atoms with Gasteiger partial charge in [0.15, 0.2) is 17.3 Å². The van der Waals surface area contributed by atoms with E-state index in [4.69, 9.17) is 21.1 Å². The molecule has 1 atom stereocenters. The van der Waals surface area contributed by atoms with Gasteiger partial charge < -0.3 is 14.8 Å². The van der Waals surface area contributed by atoms with Gasteiger partial charge in [-0.05, 0) is 30.7 Å². The van der Waals surface area contributed by atoms with Crippen LogP contribution in [0.2, 0.25) is 5.02 Å². The monoisotopic (exact) mass is 397 g/mol. The second-order valence-corrected chi connectivity index (χ2v) is 7.15. The molecule has 0 saturated heterocycles. The van der Waals surface area contributed by atoms with E-state index in [1.165, 1.54) is 0 Å². The molecule has 7 heteroatoms. The lowest BCUT2D eigenvalue weighted by Gasteiger charge is -2.25. The zero-order chi connectivity index (χ0) is 19.7. The maximum absolute atomic E-state index is 12.2. The highest BCUT2D eigenvalue weighted by Gasteiger charge is 2.33. The number of carbonyl (C=O) groups excluding carboxylic acids is 1. The summed E-state index contributed by atoms with van der Waals surface area (Å²) in [7, 11) is 1.61. The normalized spacial score (nSPS) is 15.7. The largest absolute Gasteiger partial charge is 0.493 e. The zero-order valence-electron chi connectivity index (χ0n) is 15.6. The minimum atomic E-state index is -0.169. The number of rotatable bonds is 5. The van der Waals surface area contributed by atoms with Crippen LogP contribution in [0.1, 0.15) is 34.7 Å². The Bertz CT molecular complexity index is 1010. The average molecular weight is 398 g/mol. The molecule has 0 bridgehead atoms. The molecular weight excluding hydrogens is 378 g/mol. The molecule has 0 spiro atoms. The van der Waals surface area contributed by atoms with Gasteiger partial charge in [-0.2, -0.15) is 5.10 Å². The summed E-state index contributed by atoms with van der Waals surface area (Å²) in [6.45, 7) is 2.31. The van der Waals surface area contributed by atoms with E-state index < -0.39 is 0 Å². The van der Waals surface area contributed by atoms with Crippen molar-refractivity contribution < 1.29 is 14.3 Å². The SMILES string of the molecule is COc1cccc(C2CC(=O)Nc3n[nH]c(C)c32)c1OCc1ccc(Cl)cc1. The molecule has 1 aliphatic heterocycles. The van der Waals surface area contributed by atoms with Gasteiger partial charge >= 0.3 is 0 Å². The van der Waals surface area contributed by atoms with Gasteiger partial charge in [-0.3, -0.25) is 9.89 Å². The number of carbonyl (C=O) groups is 1. The summed E-state index contributed by atoms with van der Waals surface area (Å²) in [5.74, 6) is 1.59. The van der Waals surface area contributed by atoms with Crippen LogP contribution < -0.4 is 14.8 Å². The van der Waals surface area contributed by atoms with E-state index in [0.717, 1.165) is 22.4 Å². The number of anilines is 1. The number of aromatic nitrogens is 2. The maximum atomic E-state index is 12.2. The molecule has 2 N–H and O–H groups in total. The summed E-state index contributed by atoms with van der Waals surface area (Å²) in [6.07, 6.45) is 0.317. The fourth-order valence-corrected chi connectivity index (χ4v) is 3.68. The van der Waals surface area contributed by atoms with E-state index in [-0.39, 0.29) is 11.8 Å². The third-order valence-electron chi connectivity index (χ3n) is 4.89. The Hall–Kier alpha value is -2.99. The Morgan fingerprint density at radius 2 is 2.00 bits per heavy atom. The predicted octanol–water partition coefficient (Wildman–Crippen LogP) is 4.43. The summed E-state index contributed by atoms with van der Waals surface area (Å²) < 4.78 is 11.7. The molecule has 2 heterocycles. The molecule has 0 radical (unpaired) electrons. The van der Waals surface area contributed by atoms with Crippen LogP contribution in [0.3, 0.4) is 0 Å². The first kappa shape index (κ1) is 18.4. The molecule has 2 aromatic carbocycles. The Kier molecular flexibility index (Phi) is 4.96. The molecule has 6 nitrogen and oxygen atoms in total. The number of fused-ring (bicyclic) bond motifs is 1. The Morgan fingerprint density at radius 3 is 2.75 bits per heavy atom. The van der Waals surface area contributed by atoms with Gasteiger partial charge in [0.2, 0.25) is 5.91 Å². The van der Waals surface area contributed by atoms with Crippen molar-refractivity contribution >= 4 is 23.3 Å². The number of aryl methyl sites for hydroxylation is 1. The molecular formula is C21H20ClN3O3. The van der Waals surface area contributed by atoms with Crippen molar-refractivity contribution in [3.05, 3.63) is 69.9 Å². The molecule has 3 aromatic rings. The number of nitrogens with zero attached hydrogens (tertiary/aromatic N) is 1. The molecule has 28 heavy (non-hydrogen) atoms. The van der Waals surface area contributed by atoms with Crippen molar-refractivity contribution in [2.24, 2.45) is 0 Å². The van der Waals surface area contributed by atoms with Crippen LogP contribution in [-0.2, 0) is 11.4 Å². The number of para-hydroxylation sites is 1. The number of halogens is 1. The predicted molar refractivity (Wildman–Crippen MR) is 107 cm³/mol. The number of amides is 1. The number of ether oxygens (including phenoxy) is 2. The molecule has 1 aromatic heterocycles. The van der Waals surface area contributed by atoms with Gasteiger partial charge in [-0.25, -0.2) is 0 Å². The van der Waals surface area contributed by atoms with Gasteiger partial charge in [-0.15, -0.1) is 0 Å². The Morgan fingerprint density at radius 1 is 1.21 bits per heavy atom. The average Bonchev–Trinajstić information content (AvgIpc) is 3.07. The molecule has 4 rings (SSSR count). The minimum absolute atomic E-state index is 0.0736. The van der Waals surface area contributed by atoms with Gasteiger partial charge in [0.1, 0.15) is 6.61 Å². The number of aromatic amines is 1. The van der Waals surface area contributed by atoms with Gasteiger partial charge in [-0.1, -0.05) is 35.9 Å². The van der Waals surface area contributed by atoms with Crippen LogP contribution in [-0.4, -0.2) is 23.2 Å². The highest BCUT2D eigenvalue weighted by Crippen LogP contribution is 2.44. The van der Waals surface area contributed by atoms with Crippen LogP contribution in [0.4, 0.5) is 5.82 Å². The summed E-state index contributed by atoms with van der Waals surface area (Å²) >= 11 is 5.96. The molecule has 0 aliphatic carbocycles. The topological polar surface area (TPSA) is 76.2 Å². The van der Waals surface area contributed by atoms with Crippen molar-refractivity contribution in [1.29, 1.82) is 0 Å². The molecule has 0 fully saturated rings. The first-order valence-electron chi connectivity index (χ1n) is 8.95. The van der Waals surface area contributed by atoms with E-state index in [0.29, 0.717) is 35.4 Å². The van der Waals surface area contributed by atoms with Crippen molar-refractivity contribution in [1.82, 2.24) is 10.2 Å². The lowest BCUT2D eigenvalue weighted by atomic mass is 9.85. The molecule has 1 amide bonds. The van der Waals surface area contributed by atoms with Crippen LogP contribution in [0.15, 0.2) is 42.5 Å². The zero-order valence-corrected chi connectivity index (χ0v) is 16.3. The smallest absolute Gasteiger partial charge is 0.226 e. The fraction of sp³-hybridized carbons (Fsp3) is 0.238. The van der Waals surface area contributed by atoms with Crippen LogP contribution in [0.5, 0.6) is 11.5 Å². The third kappa shape index (κ3) is 3.43. The molecule has 1 aliphatic rings. The number of hydrogen-bond acceptors (Lipinski definition) is 4. The number of benzene rings is 2. The highest BCUT2D eigenvalue weighted by molar-refractivity contribution is 6.30. The van der Waals surface area contributed by atoms with E-state index in [9.17, 15) is 4.79 Å². The van der Waals surface area contributed by atoms with E-state index in [1.807, 2.05) is 49.4 Å². The van der Waals surface area contributed by atoms with E-state index >= 15 is 0 Å². The summed E-state index contributed by atoms with van der Waals surface area (Å²) in [5.41, 5.74) is 3.78. The minimum Gasteiger partial charge on any atom is -0.493 e. The van der Waals surface area contributed by atoms with E-state index in [1.54, 1.807) is 7.11 Å². The van der Waals surface area contributed by atoms with Crippen molar-refractivity contribution in [3.8, 4) is 11.5 Å². The van der Waals surface area contributed by atoms with Crippen molar-refractivity contribution in [2.75, 3.05) is 12.4 Å². The van der Waals surface area contributed by atoms with Crippen LogP contribution in [0, 0.1) is 6.92 Å². The number of nitrogens with one attached hydrogen (secondary N) is 2. The first-order valence-corrected chi connectivity index (χ1v) is 9.33. The van der Waals surface area contributed by atoms with Crippen LogP contribution in [0.25, 0.3) is 0 Å². The lowest BCUT2D eigenvalue weighted by molar-refractivity contribution is -0.116. The lowest BCUT2D eigenvalue weighted by Crippen LogP contribution is -2.24. The third-order valence-corrected chi connectivity index (χ3v) is 5.14. The summed E-state index contributed by atoms with van der Waals surface area (Å²) in [4.78, 5) is 12.2. The van der Waals surface area contributed by atoms with Crippen LogP contribution >= 0.6 is 11.6 Å². The Balaban J connectivity index is 1.72.